The largest absolute Gasteiger partial charge is 0.505 e. The Balaban J connectivity index is 0.000000107. The summed E-state index contributed by atoms with van der Waals surface area (Å²) in [4.78, 5) is 7.05. The van der Waals surface area contributed by atoms with E-state index in [1.165, 1.54) is 36.3 Å². The van der Waals surface area contributed by atoms with Gasteiger partial charge in [0.1, 0.15) is 6.33 Å². The molecule has 1 N–H and O–H groups in total. The van der Waals surface area contributed by atoms with E-state index in [1.807, 2.05) is 0 Å². The van der Waals surface area contributed by atoms with E-state index in [0.29, 0.717) is 0 Å². The number of hydrogen-bond donors (Lipinski definition) is 1. The van der Waals surface area contributed by atoms with Crippen LogP contribution in [-0.2, 0) is 0 Å². The summed E-state index contributed by atoms with van der Waals surface area (Å²) < 4.78 is 0. The number of allylic oxidation sites excluding steroid dienone is 6. The van der Waals surface area contributed by atoms with Crippen LogP contribution in [0.15, 0.2) is 54.2 Å². The number of fused-ring (bicyclic) bond motifs is 2. The minimum absolute atomic E-state index is 0.0995. The Morgan fingerprint density at radius 3 is 1.79 bits per heavy atom. The van der Waals surface area contributed by atoms with Gasteiger partial charge in [-0.15, -0.1) is 0 Å². The number of aromatic nitrogens is 2. The summed E-state index contributed by atoms with van der Waals surface area (Å²) in [6, 6.07) is 0. The normalized spacial score (nSPS) is 15.7. The Hall–Kier alpha value is -1.90. The highest BCUT2D eigenvalue weighted by Crippen LogP contribution is 2.27. The Labute approximate surface area is 82.1 Å². The molecule has 0 amide bonds. The van der Waals surface area contributed by atoms with Gasteiger partial charge in [0, 0.05) is 0 Å². The van der Waals surface area contributed by atoms with Gasteiger partial charge in [0.25, 0.3) is 0 Å². The summed E-state index contributed by atoms with van der Waals surface area (Å²) in [7, 11) is 0. The van der Waals surface area contributed by atoms with Gasteiger partial charge in [-0.05, 0) is 17.6 Å². The van der Waals surface area contributed by atoms with Crippen LogP contribution in [0.4, 0.5) is 0 Å². The van der Waals surface area contributed by atoms with E-state index in [-0.39, 0.29) is 5.75 Å². The maximum atomic E-state index is 8.51. The van der Waals surface area contributed by atoms with E-state index in [9.17, 15) is 0 Å². The second-order valence-electron chi connectivity index (χ2n) is 3.09. The monoisotopic (exact) mass is 186 g/mol. The van der Waals surface area contributed by atoms with Gasteiger partial charge >= 0.3 is 0 Å². The average Bonchev–Trinajstić information content (AvgIpc) is 2.83. The van der Waals surface area contributed by atoms with Crippen LogP contribution in [0.2, 0.25) is 0 Å². The van der Waals surface area contributed by atoms with Crippen LogP contribution in [-0.4, -0.2) is 15.1 Å². The summed E-state index contributed by atoms with van der Waals surface area (Å²) in [6.45, 7) is 0. The highest BCUT2D eigenvalue weighted by molar-refractivity contribution is 5.49. The molecule has 1 aromatic rings. The number of aromatic hydroxyl groups is 1. The van der Waals surface area contributed by atoms with Crippen LogP contribution in [0, 0.1) is 0 Å². The van der Waals surface area contributed by atoms with E-state index in [1.54, 1.807) is 0 Å². The molecule has 0 fully saturated rings. The fraction of sp³-hybridized carbons (Fsp3) is 0.0909. The molecular formula is C11H10N2O. The van der Waals surface area contributed by atoms with Gasteiger partial charge in [-0.25, -0.2) is 9.97 Å². The first kappa shape index (κ1) is 8.69. The summed E-state index contributed by atoms with van der Waals surface area (Å²) in [5, 5.41) is 8.51. The molecule has 0 saturated carbocycles. The fourth-order valence-corrected chi connectivity index (χ4v) is 1.30. The average molecular weight is 186 g/mol. The van der Waals surface area contributed by atoms with Crippen LogP contribution in [0.1, 0.15) is 6.42 Å². The van der Waals surface area contributed by atoms with Crippen molar-refractivity contribution < 1.29 is 5.11 Å². The third-order valence-corrected chi connectivity index (χ3v) is 1.98. The molecule has 0 aromatic carbocycles. The molecule has 2 aliphatic carbocycles. The molecule has 0 atom stereocenters. The summed E-state index contributed by atoms with van der Waals surface area (Å²) in [6.07, 6.45) is 13.9. The van der Waals surface area contributed by atoms with E-state index >= 15 is 0 Å². The third-order valence-electron chi connectivity index (χ3n) is 1.98. The van der Waals surface area contributed by atoms with Crippen molar-refractivity contribution in [2.45, 2.75) is 6.42 Å². The molecule has 14 heavy (non-hydrogen) atoms. The van der Waals surface area contributed by atoms with Gasteiger partial charge in [0.05, 0.1) is 12.4 Å². The van der Waals surface area contributed by atoms with Crippen molar-refractivity contribution in [1.29, 1.82) is 0 Å². The van der Waals surface area contributed by atoms with E-state index in [4.69, 9.17) is 5.11 Å². The second kappa shape index (κ2) is 3.87. The minimum Gasteiger partial charge on any atom is -0.505 e. The van der Waals surface area contributed by atoms with Gasteiger partial charge in [-0.3, -0.25) is 0 Å². The van der Waals surface area contributed by atoms with Gasteiger partial charge in [-0.2, -0.15) is 0 Å². The van der Waals surface area contributed by atoms with Gasteiger partial charge < -0.3 is 5.11 Å². The zero-order valence-corrected chi connectivity index (χ0v) is 7.59. The van der Waals surface area contributed by atoms with Crippen molar-refractivity contribution in [1.82, 2.24) is 9.97 Å². The lowest BCUT2D eigenvalue weighted by Gasteiger charge is -1.81. The lowest BCUT2D eigenvalue weighted by atomic mass is 10.3. The van der Waals surface area contributed by atoms with Crippen LogP contribution < -0.4 is 0 Å². The molecule has 3 rings (SSSR count). The minimum atomic E-state index is 0.0995. The van der Waals surface area contributed by atoms with Crippen molar-refractivity contribution in [2.24, 2.45) is 0 Å². The highest BCUT2D eigenvalue weighted by atomic mass is 16.3. The summed E-state index contributed by atoms with van der Waals surface area (Å²) >= 11 is 0. The highest BCUT2D eigenvalue weighted by Gasteiger charge is 2.07. The molecule has 2 bridgehead atoms. The number of hydrogen-bond acceptors (Lipinski definition) is 3. The molecule has 3 nitrogen and oxygen atoms in total. The molecule has 0 radical (unpaired) electrons. The number of nitrogens with zero attached hydrogens (tertiary/aromatic N) is 2. The molecular weight excluding hydrogens is 176 g/mol. The lowest BCUT2D eigenvalue weighted by molar-refractivity contribution is 0.469. The summed E-state index contributed by atoms with van der Waals surface area (Å²) in [5.74, 6) is 0.0995. The van der Waals surface area contributed by atoms with Crippen molar-refractivity contribution in [3.05, 3.63) is 54.2 Å². The maximum Gasteiger partial charge on any atom is 0.152 e. The molecule has 0 aliphatic heterocycles. The van der Waals surface area contributed by atoms with E-state index in [2.05, 4.69) is 34.3 Å². The third kappa shape index (κ3) is 2.07. The van der Waals surface area contributed by atoms with E-state index in [0.717, 1.165) is 0 Å². The molecule has 3 heteroatoms. The molecule has 0 spiro atoms. The van der Waals surface area contributed by atoms with Crippen LogP contribution in [0.25, 0.3) is 0 Å². The van der Waals surface area contributed by atoms with Crippen LogP contribution in [0.5, 0.6) is 5.75 Å². The van der Waals surface area contributed by atoms with Crippen LogP contribution in [0.3, 0.4) is 0 Å². The molecule has 0 saturated heterocycles. The molecule has 1 aromatic heterocycles. The zero-order valence-electron chi connectivity index (χ0n) is 7.59. The van der Waals surface area contributed by atoms with Crippen LogP contribution >= 0.6 is 0 Å². The molecule has 0 unspecified atom stereocenters. The first-order valence-corrected chi connectivity index (χ1v) is 4.36. The number of rotatable bonds is 0. The Morgan fingerprint density at radius 1 is 1.00 bits per heavy atom. The van der Waals surface area contributed by atoms with Crippen molar-refractivity contribution in [2.75, 3.05) is 0 Å². The predicted molar refractivity (Wildman–Crippen MR) is 53.6 cm³/mol. The predicted octanol–water partition coefficient (Wildman–Crippen LogP) is 1.99. The zero-order chi connectivity index (χ0) is 9.80. The second-order valence-corrected chi connectivity index (χ2v) is 3.09. The smallest absolute Gasteiger partial charge is 0.152 e. The maximum absolute atomic E-state index is 8.51. The van der Waals surface area contributed by atoms with Gasteiger partial charge in [-0.1, -0.05) is 24.3 Å². The fourth-order valence-electron chi connectivity index (χ4n) is 1.30. The Bertz CT molecular complexity index is 385. The Kier molecular flexibility index (Phi) is 2.40. The Morgan fingerprint density at radius 2 is 1.57 bits per heavy atom. The molecule has 2 aliphatic rings. The SMILES string of the molecule is C1=CC2=CC=C1C2.Oc1cncnc1. The topological polar surface area (TPSA) is 46.0 Å². The summed E-state index contributed by atoms with van der Waals surface area (Å²) in [5.41, 5.74) is 2.94. The van der Waals surface area contributed by atoms with Crippen molar-refractivity contribution in [3.63, 3.8) is 0 Å². The van der Waals surface area contributed by atoms with Gasteiger partial charge in [0.15, 0.2) is 5.75 Å². The van der Waals surface area contributed by atoms with E-state index < -0.39 is 0 Å². The first-order valence-electron chi connectivity index (χ1n) is 4.36. The van der Waals surface area contributed by atoms with Crippen molar-refractivity contribution >= 4 is 0 Å². The quantitative estimate of drug-likeness (QED) is 0.674. The standard InChI is InChI=1S/C7H6.C4H4N2O/c1-2-7-4-3-6(1)5-7;7-4-1-5-3-6-2-4/h1-4H,5H2;1-3,7H. The molecule has 1 heterocycles. The lowest BCUT2D eigenvalue weighted by Crippen LogP contribution is -1.70. The van der Waals surface area contributed by atoms with Gasteiger partial charge in [0.2, 0.25) is 0 Å². The van der Waals surface area contributed by atoms with Crippen molar-refractivity contribution in [3.8, 4) is 5.75 Å². The molecule has 70 valence electrons. The first-order chi connectivity index (χ1) is 6.84.